The number of hydrogen-bond donors (Lipinski definition) is 0. The summed E-state index contributed by atoms with van der Waals surface area (Å²) in [5.41, 5.74) is -0.776. The minimum absolute atomic E-state index is 0.105. The van der Waals surface area contributed by atoms with Gasteiger partial charge in [-0.15, -0.1) is 0 Å². The maximum absolute atomic E-state index is 12.6. The molecule has 0 aromatic carbocycles. The molecule has 18 heavy (non-hydrogen) atoms. The molecule has 1 aliphatic carbocycles. The van der Waals surface area contributed by atoms with Gasteiger partial charge in [0.2, 0.25) is 0 Å². The Balaban J connectivity index is 2.87. The first kappa shape index (κ1) is 15.2. The second-order valence-electron chi connectivity index (χ2n) is 5.23. The summed E-state index contributed by atoms with van der Waals surface area (Å²) < 4.78 is 10.2. The Kier molecular flexibility index (Phi) is 5.32. The first-order chi connectivity index (χ1) is 8.50. The van der Waals surface area contributed by atoms with Gasteiger partial charge in [0.15, 0.2) is 5.78 Å². The summed E-state index contributed by atoms with van der Waals surface area (Å²) in [4.78, 5) is 24.2. The Morgan fingerprint density at radius 2 is 1.83 bits per heavy atom. The van der Waals surface area contributed by atoms with Gasteiger partial charge < -0.3 is 9.47 Å². The summed E-state index contributed by atoms with van der Waals surface area (Å²) in [5.74, 6) is -0.619. The number of ether oxygens (including phenoxy) is 2. The van der Waals surface area contributed by atoms with Gasteiger partial charge in [-0.3, -0.25) is 9.59 Å². The molecular weight excluding hydrogens is 232 g/mol. The lowest BCUT2D eigenvalue weighted by molar-refractivity contribution is -0.161. The van der Waals surface area contributed by atoms with Gasteiger partial charge in [-0.1, -0.05) is 13.8 Å². The van der Waals surface area contributed by atoms with Crippen LogP contribution in [0, 0.1) is 11.8 Å². The van der Waals surface area contributed by atoms with Gasteiger partial charge in [0.05, 0.1) is 7.11 Å². The average molecular weight is 256 g/mol. The number of Topliss-reactive ketones (excluding diaryl/α,β-unsaturated/α-hetero) is 1. The van der Waals surface area contributed by atoms with Crippen LogP contribution in [0.3, 0.4) is 0 Å². The summed E-state index contributed by atoms with van der Waals surface area (Å²) in [6.07, 6.45) is 3.81. The van der Waals surface area contributed by atoms with Crippen molar-refractivity contribution in [1.82, 2.24) is 0 Å². The Labute approximate surface area is 109 Å². The van der Waals surface area contributed by atoms with Crippen molar-refractivity contribution in [2.75, 3.05) is 14.2 Å². The van der Waals surface area contributed by atoms with Gasteiger partial charge in [0.25, 0.3) is 0 Å². The largest absolute Gasteiger partial charge is 0.468 e. The van der Waals surface area contributed by atoms with Crippen LogP contribution in [0.25, 0.3) is 0 Å². The normalized spacial score (nSPS) is 29.7. The molecule has 0 aromatic heterocycles. The topological polar surface area (TPSA) is 52.6 Å². The summed E-state index contributed by atoms with van der Waals surface area (Å²) in [5, 5.41) is 0. The lowest BCUT2D eigenvalue weighted by Gasteiger charge is -2.38. The molecule has 1 atom stereocenters. The number of ketones is 1. The predicted octanol–water partition coefficient (Wildman–Crippen LogP) is 2.35. The van der Waals surface area contributed by atoms with Crippen molar-refractivity contribution in [2.45, 2.75) is 51.6 Å². The molecule has 0 aromatic rings. The smallest absolute Gasteiger partial charge is 0.316 e. The SMILES string of the molecule is CCC(C(=O)OC)C(=O)C1(OC)CCC(C)CC1. The van der Waals surface area contributed by atoms with E-state index in [0.29, 0.717) is 25.2 Å². The molecule has 4 nitrogen and oxygen atoms in total. The van der Waals surface area contributed by atoms with Crippen LogP contribution in [0.15, 0.2) is 0 Å². The Morgan fingerprint density at radius 1 is 1.28 bits per heavy atom. The lowest BCUT2D eigenvalue weighted by Crippen LogP contribution is -2.48. The van der Waals surface area contributed by atoms with Crippen molar-refractivity contribution >= 4 is 11.8 Å². The fourth-order valence-electron chi connectivity index (χ4n) is 2.70. The van der Waals surface area contributed by atoms with E-state index in [9.17, 15) is 9.59 Å². The van der Waals surface area contributed by atoms with Crippen LogP contribution < -0.4 is 0 Å². The molecule has 0 heterocycles. The third kappa shape index (κ3) is 2.91. The van der Waals surface area contributed by atoms with Crippen LogP contribution in [0.1, 0.15) is 46.0 Å². The minimum Gasteiger partial charge on any atom is -0.468 e. The molecule has 104 valence electrons. The highest BCUT2D eigenvalue weighted by Gasteiger charge is 2.46. The predicted molar refractivity (Wildman–Crippen MR) is 68.2 cm³/mol. The standard InChI is InChI=1S/C14H24O4/c1-5-11(13(16)17-3)12(15)14(18-4)8-6-10(2)7-9-14/h10-11H,5-9H2,1-4H3. The molecule has 1 aliphatic rings. The number of methoxy groups -OCH3 is 2. The number of carbonyl (C=O) groups is 2. The van der Waals surface area contributed by atoms with Crippen LogP contribution in [0.5, 0.6) is 0 Å². The number of esters is 1. The van der Waals surface area contributed by atoms with Crippen molar-refractivity contribution in [3.8, 4) is 0 Å². The molecule has 1 fully saturated rings. The molecular formula is C14H24O4. The van der Waals surface area contributed by atoms with Gasteiger partial charge >= 0.3 is 5.97 Å². The van der Waals surface area contributed by atoms with E-state index in [0.717, 1.165) is 12.8 Å². The van der Waals surface area contributed by atoms with Crippen LogP contribution in [0.4, 0.5) is 0 Å². The van der Waals surface area contributed by atoms with Crippen molar-refractivity contribution < 1.29 is 19.1 Å². The zero-order valence-corrected chi connectivity index (χ0v) is 11.8. The Hall–Kier alpha value is -0.900. The zero-order chi connectivity index (χ0) is 13.8. The summed E-state index contributed by atoms with van der Waals surface area (Å²) in [6, 6.07) is 0. The Morgan fingerprint density at radius 3 is 2.22 bits per heavy atom. The first-order valence-electron chi connectivity index (χ1n) is 6.68. The van der Waals surface area contributed by atoms with Crippen molar-refractivity contribution in [3.63, 3.8) is 0 Å². The van der Waals surface area contributed by atoms with E-state index < -0.39 is 17.5 Å². The van der Waals surface area contributed by atoms with Gasteiger partial charge in [0, 0.05) is 7.11 Å². The minimum atomic E-state index is -0.776. The second-order valence-corrected chi connectivity index (χ2v) is 5.23. The van der Waals surface area contributed by atoms with Crippen molar-refractivity contribution in [1.29, 1.82) is 0 Å². The third-order valence-corrected chi connectivity index (χ3v) is 4.13. The van der Waals surface area contributed by atoms with Crippen molar-refractivity contribution in [3.05, 3.63) is 0 Å². The highest BCUT2D eigenvalue weighted by Crippen LogP contribution is 2.37. The monoisotopic (exact) mass is 256 g/mol. The van der Waals surface area contributed by atoms with E-state index in [2.05, 4.69) is 6.92 Å². The molecule has 0 N–H and O–H groups in total. The van der Waals surface area contributed by atoms with E-state index in [-0.39, 0.29) is 5.78 Å². The molecule has 4 heteroatoms. The zero-order valence-electron chi connectivity index (χ0n) is 11.8. The molecule has 1 rings (SSSR count). The Bertz CT molecular complexity index is 303. The summed E-state index contributed by atoms with van der Waals surface area (Å²) >= 11 is 0. The highest BCUT2D eigenvalue weighted by atomic mass is 16.5. The molecule has 0 spiro atoms. The summed E-state index contributed by atoms with van der Waals surface area (Å²) in [7, 11) is 2.89. The third-order valence-electron chi connectivity index (χ3n) is 4.13. The fraction of sp³-hybridized carbons (Fsp3) is 0.857. The summed E-state index contributed by atoms with van der Waals surface area (Å²) in [6.45, 7) is 4.01. The number of hydrogen-bond acceptors (Lipinski definition) is 4. The average Bonchev–Trinajstić information content (AvgIpc) is 2.40. The molecule has 0 bridgehead atoms. The van der Waals surface area contributed by atoms with Crippen LogP contribution in [-0.2, 0) is 19.1 Å². The molecule has 0 saturated heterocycles. The van der Waals surface area contributed by atoms with E-state index in [1.54, 1.807) is 7.11 Å². The fourth-order valence-corrected chi connectivity index (χ4v) is 2.70. The van der Waals surface area contributed by atoms with E-state index in [1.807, 2.05) is 6.92 Å². The van der Waals surface area contributed by atoms with E-state index in [1.165, 1.54) is 7.11 Å². The second kappa shape index (κ2) is 6.32. The number of rotatable bonds is 5. The van der Waals surface area contributed by atoms with Gasteiger partial charge in [-0.05, 0) is 38.0 Å². The van der Waals surface area contributed by atoms with Crippen molar-refractivity contribution in [2.24, 2.45) is 11.8 Å². The van der Waals surface area contributed by atoms with Crippen LogP contribution in [0.2, 0.25) is 0 Å². The molecule has 1 saturated carbocycles. The highest BCUT2D eigenvalue weighted by molar-refractivity contribution is 6.03. The molecule has 0 amide bonds. The molecule has 0 radical (unpaired) electrons. The maximum Gasteiger partial charge on any atom is 0.316 e. The first-order valence-corrected chi connectivity index (χ1v) is 6.68. The number of carbonyl (C=O) groups excluding carboxylic acids is 2. The molecule has 1 unspecified atom stereocenters. The van der Waals surface area contributed by atoms with E-state index >= 15 is 0 Å². The lowest BCUT2D eigenvalue weighted by atomic mass is 9.73. The van der Waals surface area contributed by atoms with Crippen LogP contribution in [-0.4, -0.2) is 31.6 Å². The van der Waals surface area contributed by atoms with E-state index in [4.69, 9.17) is 9.47 Å². The maximum atomic E-state index is 12.6. The molecule has 0 aliphatic heterocycles. The van der Waals surface area contributed by atoms with Gasteiger partial charge in [-0.25, -0.2) is 0 Å². The van der Waals surface area contributed by atoms with Crippen LogP contribution >= 0.6 is 0 Å². The van der Waals surface area contributed by atoms with Gasteiger partial charge in [0.1, 0.15) is 11.5 Å². The quantitative estimate of drug-likeness (QED) is 0.559. The van der Waals surface area contributed by atoms with Gasteiger partial charge in [-0.2, -0.15) is 0 Å².